The zero-order valence-corrected chi connectivity index (χ0v) is 17.7. The van der Waals surface area contributed by atoms with Crippen LogP contribution in [0.4, 0.5) is 10.1 Å². The Hall–Kier alpha value is -3.69. The molecule has 0 spiro atoms. The van der Waals surface area contributed by atoms with Crippen molar-refractivity contribution in [3.8, 4) is 0 Å². The number of rotatable bonds is 8. The minimum Gasteiger partial charge on any atom is -0.462 e. The quantitative estimate of drug-likeness (QED) is 0.617. The molecule has 0 atom stereocenters. The van der Waals surface area contributed by atoms with E-state index in [4.69, 9.17) is 9.47 Å². The predicted octanol–water partition coefficient (Wildman–Crippen LogP) is 2.20. The van der Waals surface area contributed by atoms with E-state index in [0.717, 1.165) is 4.90 Å². The van der Waals surface area contributed by atoms with E-state index in [2.05, 4.69) is 10.3 Å². The van der Waals surface area contributed by atoms with E-state index in [1.165, 1.54) is 31.3 Å². The van der Waals surface area contributed by atoms with Crippen molar-refractivity contribution in [1.82, 2.24) is 9.88 Å². The fourth-order valence-electron chi connectivity index (χ4n) is 2.81. The van der Waals surface area contributed by atoms with Gasteiger partial charge in [0.15, 0.2) is 6.61 Å². The zero-order valence-electron chi connectivity index (χ0n) is 17.7. The third kappa shape index (κ3) is 6.14. The maximum atomic E-state index is 12.9. The number of amides is 2. The molecular formula is C21H24FN3O6. The van der Waals surface area contributed by atoms with Crippen LogP contribution in [-0.4, -0.2) is 60.4 Å². The number of ether oxygens (including phenoxy) is 2. The summed E-state index contributed by atoms with van der Waals surface area (Å²) >= 11 is 0. The van der Waals surface area contributed by atoms with Gasteiger partial charge in [0, 0.05) is 18.4 Å². The summed E-state index contributed by atoms with van der Waals surface area (Å²) in [4.78, 5) is 52.4. The third-order valence-corrected chi connectivity index (χ3v) is 4.38. The minimum absolute atomic E-state index is 0.0464. The number of nitrogens with zero attached hydrogens (tertiary/aromatic N) is 1. The molecule has 0 radical (unpaired) electrons. The summed E-state index contributed by atoms with van der Waals surface area (Å²) in [5, 5.41) is 2.53. The highest BCUT2D eigenvalue weighted by Crippen LogP contribution is 2.20. The molecule has 2 aromatic rings. The number of benzene rings is 1. The monoisotopic (exact) mass is 433 g/mol. The number of aromatic amines is 1. The van der Waals surface area contributed by atoms with E-state index in [1.807, 2.05) is 0 Å². The topological polar surface area (TPSA) is 118 Å². The van der Waals surface area contributed by atoms with Crippen LogP contribution in [0.3, 0.4) is 0 Å². The summed E-state index contributed by atoms with van der Waals surface area (Å²) in [6, 6.07) is 5.17. The van der Waals surface area contributed by atoms with Crippen LogP contribution in [-0.2, 0) is 19.1 Å². The summed E-state index contributed by atoms with van der Waals surface area (Å²) in [5.41, 5.74) is 1.48. The maximum Gasteiger partial charge on any atom is 0.355 e. The van der Waals surface area contributed by atoms with Gasteiger partial charge in [-0.05, 0) is 50.6 Å². The lowest BCUT2D eigenvalue weighted by molar-refractivity contribution is -0.136. The molecule has 0 aliphatic carbocycles. The number of likely N-dealkylation sites (N-methyl/N-ethyl adjacent to an activating group) is 1. The first-order chi connectivity index (χ1) is 14.6. The number of carbonyl (C=O) groups excluding carboxylic acids is 4. The molecule has 1 aromatic heterocycles. The van der Waals surface area contributed by atoms with Crippen LogP contribution >= 0.6 is 0 Å². The van der Waals surface area contributed by atoms with Gasteiger partial charge in [0.2, 0.25) is 5.91 Å². The average Bonchev–Trinajstić information content (AvgIpc) is 3.01. The number of hydrogen-bond acceptors (Lipinski definition) is 6. The minimum atomic E-state index is -0.811. The van der Waals surface area contributed by atoms with Crippen molar-refractivity contribution in [2.24, 2.45) is 0 Å². The molecule has 166 valence electrons. The van der Waals surface area contributed by atoms with Crippen molar-refractivity contribution in [2.75, 3.05) is 32.1 Å². The van der Waals surface area contributed by atoms with Crippen LogP contribution in [0.2, 0.25) is 0 Å². The van der Waals surface area contributed by atoms with Gasteiger partial charge in [0.25, 0.3) is 5.91 Å². The van der Waals surface area contributed by atoms with Crippen LogP contribution in [0.25, 0.3) is 0 Å². The molecule has 0 fully saturated rings. The van der Waals surface area contributed by atoms with E-state index < -0.39 is 36.2 Å². The SMILES string of the molecule is CCOC(=O)c1c(C)[nH]c(C(=O)OCC(=O)N(C)CC(=O)Nc2ccc(F)cc2)c1C. The molecule has 0 unspecified atom stereocenters. The van der Waals surface area contributed by atoms with E-state index in [0.29, 0.717) is 16.9 Å². The number of nitrogens with one attached hydrogen (secondary N) is 2. The number of esters is 2. The number of carbonyl (C=O) groups is 4. The first-order valence-electron chi connectivity index (χ1n) is 9.46. The van der Waals surface area contributed by atoms with Crippen LogP contribution in [0.1, 0.15) is 39.0 Å². The summed E-state index contributed by atoms with van der Waals surface area (Å²) in [6.07, 6.45) is 0. The predicted molar refractivity (Wildman–Crippen MR) is 109 cm³/mol. The highest BCUT2D eigenvalue weighted by Gasteiger charge is 2.24. The largest absolute Gasteiger partial charge is 0.462 e. The lowest BCUT2D eigenvalue weighted by Crippen LogP contribution is -2.37. The Bertz CT molecular complexity index is 984. The average molecular weight is 433 g/mol. The Balaban J connectivity index is 1.90. The van der Waals surface area contributed by atoms with Gasteiger partial charge in [-0.2, -0.15) is 0 Å². The Morgan fingerprint density at radius 3 is 2.32 bits per heavy atom. The molecule has 0 saturated carbocycles. The Labute approximate surface area is 178 Å². The molecule has 1 heterocycles. The van der Waals surface area contributed by atoms with Crippen LogP contribution in [0, 0.1) is 19.7 Å². The van der Waals surface area contributed by atoms with Crippen LogP contribution in [0.5, 0.6) is 0 Å². The van der Waals surface area contributed by atoms with Gasteiger partial charge in [0.1, 0.15) is 11.5 Å². The van der Waals surface area contributed by atoms with Crippen molar-refractivity contribution in [3.05, 3.63) is 52.6 Å². The number of halogens is 1. The van der Waals surface area contributed by atoms with Crippen molar-refractivity contribution >= 4 is 29.4 Å². The van der Waals surface area contributed by atoms with Crippen LogP contribution in [0.15, 0.2) is 24.3 Å². The van der Waals surface area contributed by atoms with Gasteiger partial charge in [0.05, 0.1) is 18.7 Å². The molecule has 9 nitrogen and oxygen atoms in total. The maximum absolute atomic E-state index is 12.9. The number of anilines is 1. The van der Waals surface area contributed by atoms with Gasteiger partial charge in [-0.25, -0.2) is 14.0 Å². The molecular weight excluding hydrogens is 409 g/mol. The molecule has 0 aliphatic rings. The van der Waals surface area contributed by atoms with Gasteiger partial charge in [-0.1, -0.05) is 0 Å². The van der Waals surface area contributed by atoms with E-state index in [1.54, 1.807) is 20.8 Å². The molecule has 2 rings (SSSR count). The van der Waals surface area contributed by atoms with Gasteiger partial charge in [-0.15, -0.1) is 0 Å². The third-order valence-electron chi connectivity index (χ3n) is 4.38. The summed E-state index contributed by atoms with van der Waals surface area (Å²) in [6.45, 7) is 4.17. The molecule has 2 amide bonds. The summed E-state index contributed by atoms with van der Waals surface area (Å²) < 4.78 is 22.9. The second-order valence-corrected chi connectivity index (χ2v) is 6.73. The fraction of sp³-hybridized carbons (Fsp3) is 0.333. The fourth-order valence-corrected chi connectivity index (χ4v) is 2.81. The van der Waals surface area contributed by atoms with Crippen molar-refractivity contribution in [3.63, 3.8) is 0 Å². The molecule has 10 heteroatoms. The van der Waals surface area contributed by atoms with E-state index in [9.17, 15) is 23.6 Å². The van der Waals surface area contributed by atoms with E-state index in [-0.39, 0.29) is 24.4 Å². The lowest BCUT2D eigenvalue weighted by atomic mass is 10.1. The highest BCUT2D eigenvalue weighted by atomic mass is 19.1. The van der Waals surface area contributed by atoms with Crippen molar-refractivity contribution in [1.29, 1.82) is 0 Å². The second kappa shape index (κ2) is 10.4. The highest BCUT2D eigenvalue weighted by molar-refractivity contribution is 5.99. The lowest BCUT2D eigenvalue weighted by Gasteiger charge is -2.16. The van der Waals surface area contributed by atoms with Gasteiger partial charge >= 0.3 is 11.9 Å². The van der Waals surface area contributed by atoms with Crippen molar-refractivity contribution < 1.29 is 33.0 Å². The Morgan fingerprint density at radius 2 is 1.71 bits per heavy atom. The van der Waals surface area contributed by atoms with Crippen molar-refractivity contribution in [2.45, 2.75) is 20.8 Å². The first kappa shape index (κ1) is 23.6. The Morgan fingerprint density at radius 1 is 1.06 bits per heavy atom. The molecule has 0 aliphatic heterocycles. The molecule has 31 heavy (non-hydrogen) atoms. The number of aromatic nitrogens is 1. The molecule has 0 saturated heterocycles. The van der Waals surface area contributed by atoms with Gasteiger partial charge < -0.3 is 24.7 Å². The first-order valence-corrected chi connectivity index (χ1v) is 9.46. The number of hydrogen-bond donors (Lipinski definition) is 2. The van der Waals surface area contributed by atoms with Crippen LogP contribution < -0.4 is 5.32 Å². The second-order valence-electron chi connectivity index (χ2n) is 6.73. The molecule has 0 bridgehead atoms. The standard InChI is InChI=1S/C21H24FN3O6/c1-5-30-20(28)18-12(2)19(23-13(18)3)21(29)31-11-17(27)25(4)10-16(26)24-15-8-6-14(22)7-9-15/h6-9,23H,5,10-11H2,1-4H3,(H,24,26). The number of H-pyrrole nitrogens is 1. The summed E-state index contributed by atoms with van der Waals surface area (Å²) in [7, 11) is 1.38. The Kier molecular flexibility index (Phi) is 7.89. The normalized spacial score (nSPS) is 10.4. The smallest absolute Gasteiger partial charge is 0.355 e. The molecule has 2 N–H and O–H groups in total. The van der Waals surface area contributed by atoms with E-state index >= 15 is 0 Å². The molecule has 1 aromatic carbocycles. The zero-order chi connectivity index (χ0) is 23.1. The number of aryl methyl sites for hydroxylation is 1. The van der Waals surface area contributed by atoms with Gasteiger partial charge in [-0.3, -0.25) is 9.59 Å². The summed E-state index contributed by atoms with van der Waals surface area (Å²) in [5.74, 6) is -2.91.